The number of Topliss-reactive ketones (excluding diaryl/α,β-unsaturated/α-hetero) is 2. The summed E-state index contributed by atoms with van der Waals surface area (Å²) in [6.07, 6.45) is 18.5. The van der Waals surface area contributed by atoms with Crippen molar-refractivity contribution in [3.63, 3.8) is 0 Å². The maximum atomic E-state index is 15.4. The van der Waals surface area contributed by atoms with E-state index in [2.05, 4.69) is 75.3 Å². The Bertz CT molecular complexity index is 2690. The van der Waals surface area contributed by atoms with Crippen molar-refractivity contribution in [1.82, 2.24) is 0 Å². The number of esters is 2. The minimum Gasteiger partial charge on any atom is -0.469 e. The average Bonchev–Trinajstić information content (AvgIpc) is 3.30. The molecule has 395 valence electrons. The molecule has 0 aromatic heterocycles. The van der Waals surface area contributed by atoms with E-state index in [4.69, 9.17) is 9.47 Å². The second kappa shape index (κ2) is 15.9. The highest BCUT2D eigenvalue weighted by Gasteiger charge is 2.73. The lowest BCUT2D eigenvalue weighted by molar-refractivity contribution is -0.192. The number of carbonyl (C=O) groups excluding carboxylic acids is 7. The Kier molecular flexibility index (Phi) is 11.6. The number of hydrogen-bond donors (Lipinski definition) is 0. The standard InChI is InChI=1S/C32H43O5.C31H43O4.Al/c1-27(2)11-13-32(26(36)37-8)14-12-31(7)24(20(32)17-27)21(34)15-23-29(5)16-19(18-33)25(35)28(3,4)22(29)9-10-30(23,31)6;1-26(2)13-15-31(25(34)35-8)16-14-30(7)24(19(31)18-26)20(32)17-22-28(5)11-10-23(33)27(3,4)21(28)9-12-29(22,30)6;/h15-16,20,22,24H,9-14,17H2,1-8H3;11,17,19,21,24H,9,12-16,18H2,1-8H3;/t20-,22-,24-,29-,30+,31+,32-;19-,21-,24-,28-,29+,30+,31-;/m01./s1. The predicted octanol–water partition coefficient (Wildman–Crippen LogP) is 11.9. The van der Waals surface area contributed by atoms with Gasteiger partial charge in [-0.1, -0.05) is 125 Å². The Labute approximate surface area is 442 Å². The van der Waals surface area contributed by atoms with Crippen molar-refractivity contribution in [2.24, 2.45) is 100 Å². The fourth-order valence-electron chi connectivity index (χ4n) is 20.8. The van der Waals surface area contributed by atoms with Crippen LogP contribution in [0.5, 0.6) is 0 Å². The molecule has 6 fully saturated rings. The number of hydrogen-bond acceptors (Lipinski definition) is 9. The maximum absolute atomic E-state index is 15.4. The van der Waals surface area contributed by atoms with Crippen molar-refractivity contribution in [3.05, 3.63) is 45.5 Å². The normalized spacial score (nSPS) is 46.5. The molecule has 0 N–H and O–H groups in total. The summed E-state index contributed by atoms with van der Waals surface area (Å²) in [5.74, 6) is -1.81. The van der Waals surface area contributed by atoms with E-state index in [-0.39, 0.29) is 91.6 Å². The number of carbonyl (C=O) groups is 7. The van der Waals surface area contributed by atoms with E-state index in [9.17, 15) is 9.59 Å². The van der Waals surface area contributed by atoms with Crippen LogP contribution in [0, 0.1) is 100 Å². The van der Waals surface area contributed by atoms with Gasteiger partial charge in [-0.05, 0) is 158 Å². The molecule has 0 aliphatic heterocycles. The molecule has 9 nitrogen and oxygen atoms in total. The van der Waals surface area contributed by atoms with Crippen LogP contribution in [0.15, 0.2) is 45.5 Å². The third-order valence-corrected chi connectivity index (χ3v) is 26.6. The van der Waals surface area contributed by atoms with Crippen LogP contribution < -0.4 is 0 Å². The van der Waals surface area contributed by atoms with Crippen LogP contribution in [0.1, 0.15) is 187 Å². The molecular formula is C63H86AlO9. The highest BCUT2D eigenvalue weighted by Crippen LogP contribution is 2.77. The lowest BCUT2D eigenvalue weighted by atomic mass is 9.34. The number of methoxy groups -OCH3 is 2. The smallest absolute Gasteiger partial charge is 0.373 e. The van der Waals surface area contributed by atoms with E-state index < -0.39 is 69.4 Å². The Morgan fingerprint density at radius 3 is 1.30 bits per heavy atom. The van der Waals surface area contributed by atoms with Crippen molar-refractivity contribution in [2.75, 3.05) is 14.2 Å². The second-order valence-corrected chi connectivity index (χ2v) is 31.6. The molecule has 0 saturated heterocycles. The van der Waals surface area contributed by atoms with Gasteiger partial charge in [0.05, 0.1) is 29.7 Å². The van der Waals surface area contributed by atoms with Crippen LogP contribution >= 0.6 is 0 Å². The molecule has 1 radical (unpaired) electrons. The first-order valence-corrected chi connectivity index (χ1v) is 29.4. The van der Waals surface area contributed by atoms with Gasteiger partial charge in [0.15, 0.2) is 17.3 Å². The van der Waals surface area contributed by atoms with E-state index in [1.54, 1.807) is 0 Å². The van der Waals surface area contributed by atoms with E-state index in [1.807, 2.05) is 45.9 Å². The second-order valence-electron chi connectivity index (χ2n) is 30.1. The molecule has 14 atom stereocenters. The Morgan fingerprint density at radius 2 is 0.890 bits per heavy atom. The van der Waals surface area contributed by atoms with Crippen LogP contribution in [0.4, 0.5) is 0 Å². The molecule has 0 heterocycles. The number of fused-ring (bicyclic) bond motifs is 14. The topological polar surface area (TPSA) is 138 Å². The Hall–Kier alpha value is -3.22. The molecule has 73 heavy (non-hydrogen) atoms. The number of ketones is 4. The Morgan fingerprint density at radius 1 is 0.507 bits per heavy atom. The van der Waals surface area contributed by atoms with Crippen LogP contribution in [0.25, 0.3) is 0 Å². The van der Waals surface area contributed by atoms with Gasteiger partial charge in [0.1, 0.15) is 5.78 Å². The highest BCUT2D eigenvalue weighted by molar-refractivity contribution is 6.87. The summed E-state index contributed by atoms with van der Waals surface area (Å²) in [4.78, 5) is 104. The van der Waals surface area contributed by atoms with E-state index in [0.29, 0.717) is 43.0 Å². The van der Waals surface area contributed by atoms with Crippen LogP contribution in [-0.4, -0.2) is 69.2 Å². The van der Waals surface area contributed by atoms with Crippen LogP contribution in [-0.2, 0) is 43.0 Å². The molecule has 6 saturated carbocycles. The van der Waals surface area contributed by atoms with Gasteiger partial charge < -0.3 is 14.3 Å². The molecule has 10 aliphatic rings. The lowest BCUT2D eigenvalue weighted by Gasteiger charge is -2.69. The first-order chi connectivity index (χ1) is 33.6. The van der Waals surface area contributed by atoms with Crippen LogP contribution in [0.3, 0.4) is 0 Å². The summed E-state index contributed by atoms with van der Waals surface area (Å²) >= 11 is -1.34. The third-order valence-electron chi connectivity index (χ3n) is 25.2. The summed E-state index contributed by atoms with van der Waals surface area (Å²) in [6, 6.07) is 0. The molecule has 0 aromatic carbocycles. The van der Waals surface area contributed by atoms with Gasteiger partial charge in [-0.2, -0.15) is 0 Å². The quantitative estimate of drug-likeness (QED) is 0.150. The minimum atomic E-state index is -1.34. The zero-order valence-corrected chi connectivity index (χ0v) is 48.6. The molecule has 0 aromatic rings. The molecule has 0 unspecified atom stereocenters. The van der Waals surface area contributed by atoms with Gasteiger partial charge in [-0.15, -0.1) is 0 Å². The highest BCUT2D eigenvalue weighted by atomic mass is 27.1. The van der Waals surface area contributed by atoms with Gasteiger partial charge in [0.25, 0.3) is 0 Å². The van der Waals surface area contributed by atoms with Crippen molar-refractivity contribution in [1.29, 1.82) is 0 Å². The van der Waals surface area contributed by atoms with Crippen molar-refractivity contribution >= 4 is 54.9 Å². The Balaban J connectivity index is 1.03. The molecule has 0 amide bonds. The van der Waals surface area contributed by atoms with Crippen LogP contribution in [0.2, 0.25) is 0 Å². The fraction of sp³-hybridized carbons (Fsp3) is 0.762. The first kappa shape index (κ1) is 53.2. The fourth-order valence-corrected chi connectivity index (χ4v) is 22.4. The van der Waals surface area contributed by atoms with E-state index in [1.165, 1.54) is 14.2 Å². The summed E-state index contributed by atoms with van der Waals surface area (Å²) in [6.45, 7) is 30.6. The van der Waals surface area contributed by atoms with Crippen molar-refractivity contribution in [2.45, 2.75) is 187 Å². The third kappa shape index (κ3) is 6.65. The summed E-state index contributed by atoms with van der Waals surface area (Å²) in [5.41, 5.74) is -4.36. The summed E-state index contributed by atoms with van der Waals surface area (Å²) < 4.78 is 11.3. The summed E-state index contributed by atoms with van der Waals surface area (Å²) in [7, 11) is 2.96. The van der Waals surface area contributed by atoms with Gasteiger partial charge >= 0.3 is 27.2 Å². The van der Waals surface area contributed by atoms with Gasteiger partial charge in [0.2, 0.25) is 0 Å². The molecular weight excluding hydrogens is 928 g/mol. The zero-order valence-electron chi connectivity index (χ0n) is 47.4. The van der Waals surface area contributed by atoms with Crippen molar-refractivity contribution < 1.29 is 43.0 Å². The van der Waals surface area contributed by atoms with Gasteiger partial charge in [0, 0.05) is 39.1 Å². The SMILES string of the molecule is COC(=O)[C@@]12CCC(C)(C)C[C@@H]1[C@@H]1C(=O)C=C3[C@]4(C)C=[C]([Al][C](=O)C5=C[C@]6(C)C7=CC(=O)[C@@H]8[C@@H]9CC(C)(C)CC[C@]9(C(=O)OC)CC[C@@]8(C)[C@]7(C)CC[C@H]6C(C)(C)C5=O)C(=O)C(C)(C)[C@H]4CC[C@]3(C)[C@@]1(C)CC2. The zero-order chi connectivity index (χ0) is 53.7. The number of allylic oxidation sites excluding steroid dienone is 8. The molecule has 0 spiro atoms. The molecule has 10 heteroatoms. The first-order valence-electron chi connectivity index (χ1n) is 28.2. The van der Waals surface area contributed by atoms with Gasteiger partial charge in [-0.3, -0.25) is 28.8 Å². The van der Waals surface area contributed by atoms with Crippen molar-refractivity contribution in [3.8, 4) is 0 Å². The van der Waals surface area contributed by atoms with E-state index in [0.717, 1.165) is 62.5 Å². The molecule has 0 bridgehead atoms. The maximum Gasteiger partial charge on any atom is 0.373 e. The minimum absolute atomic E-state index is 0.0240. The largest absolute Gasteiger partial charge is 0.469 e. The molecule has 10 rings (SSSR count). The number of ether oxygens (including phenoxy) is 2. The van der Waals surface area contributed by atoms with Gasteiger partial charge in [-0.25, -0.2) is 0 Å². The monoisotopic (exact) mass is 1010 g/mol. The average molecular weight is 1010 g/mol. The predicted molar refractivity (Wildman–Crippen MR) is 281 cm³/mol. The molecule has 10 aliphatic carbocycles. The number of rotatable bonds is 5. The lowest BCUT2D eigenvalue weighted by Crippen LogP contribution is -2.66. The summed E-state index contributed by atoms with van der Waals surface area (Å²) in [5, 5.41) is 0. The van der Waals surface area contributed by atoms with E-state index >= 15 is 24.0 Å².